The molecule has 3 heteroatoms. The van der Waals surface area contributed by atoms with Crippen LogP contribution in [0.4, 0.5) is 0 Å². The third-order valence-corrected chi connectivity index (χ3v) is 5.83. The van der Waals surface area contributed by atoms with Crippen LogP contribution in [0.25, 0.3) is 5.70 Å². The second-order valence-electron chi connectivity index (χ2n) is 7.48. The van der Waals surface area contributed by atoms with Gasteiger partial charge < -0.3 is 4.90 Å². The van der Waals surface area contributed by atoms with Gasteiger partial charge in [0.2, 0.25) is 0 Å². The van der Waals surface area contributed by atoms with Crippen LogP contribution in [0.2, 0.25) is 0 Å². The molecule has 1 spiro atoms. The molecule has 1 saturated carbocycles. The van der Waals surface area contributed by atoms with Crippen LogP contribution in [-0.2, 0) is 11.2 Å². The number of fused-ring (bicyclic) bond motifs is 1. The number of rotatable bonds is 1. The van der Waals surface area contributed by atoms with Gasteiger partial charge in [0.15, 0.2) is 5.78 Å². The molecule has 0 atom stereocenters. The fourth-order valence-corrected chi connectivity index (χ4v) is 4.79. The maximum Gasteiger partial charge on any atom is 0.177 e. The Labute approximate surface area is 137 Å². The molecular weight excluding hydrogens is 284 g/mol. The monoisotopic (exact) mass is 306 g/mol. The number of piperidine rings is 1. The molecule has 23 heavy (non-hydrogen) atoms. The predicted octanol–water partition coefficient (Wildman–Crippen LogP) is 3.06. The normalized spacial score (nSPS) is 23.5. The molecular formula is C20H22N2O. The number of pyridine rings is 1. The Balaban J connectivity index is 1.66. The fraction of sp³-hybridized carbons (Fsp3) is 0.500. The standard InChI is InChI=1S/C20H22N2O/c1-3-16-17(23)11-15-5-4-8-21-18(15)19(16)22-9-6-20(7-10-22)12-14(2)13-20/h1,4-5,8,14H,6-7,9-13H2,2H3. The Bertz CT molecular complexity index is 724. The van der Waals surface area contributed by atoms with Gasteiger partial charge in [-0.05, 0) is 48.6 Å². The zero-order valence-corrected chi connectivity index (χ0v) is 13.6. The first-order valence-electron chi connectivity index (χ1n) is 8.55. The van der Waals surface area contributed by atoms with Crippen molar-refractivity contribution in [2.75, 3.05) is 13.1 Å². The summed E-state index contributed by atoms with van der Waals surface area (Å²) in [6, 6.07) is 3.89. The van der Waals surface area contributed by atoms with Crippen molar-refractivity contribution in [3.63, 3.8) is 0 Å². The quantitative estimate of drug-likeness (QED) is 0.748. The van der Waals surface area contributed by atoms with Crippen molar-refractivity contribution in [2.24, 2.45) is 11.3 Å². The van der Waals surface area contributed by atoms with E-state index in [1.807, 2.05) is 12.1 Å². The van der Waals surface area contributed by atoms with Crippen molar-refractivity contribution in [1.29, 1.82) is 0 Å². The van der Waals surface area contributed by atoms with Crippen LogP contribution in [0.3, 0.4) is 0 Å². The van der Waals surface area contributed by atoms with E-state index in [0.29, 0.717) is 17.4 Å². The average molecular weight is 306 g/mol. The molecule has 1 aromatic rings. The summed E-state index contributed by atoms with van der Waals surface area (Å²) in [4.78, 5) is 19.3. The Kier molecular flexibility index (Phi) is 3.30. The highest BCUT2D eigenvalue weighted by Gasteiger charge is 2.44. The summed E-state index contributed by atoms with van der Waals surface area (Å²) in [5.41, 5.74) is 3.90. The minimum absolute atomic E-state index is 0.0561. The predicted molar refractivity (Wildman–Crippen MR) is 90.3 cm³/mol. The lowest BCUT2D eigenvalue weighted by Gasteiger charge is -2.52. The van der Waals surface area contributed by atoms with Gasteiger partial charge in [-0.2, -0.15) is 0 Å². The third-order valence-electron chi connectivity index (χ3n) is 5.83. The molecule has 4 rings (SSSR count). The number of hydrogen-bond donors (Lipinski definition) is 0. The maximum atomic E-state index is 12.4. The first-order valence-corrected chi connectivity index (χ1v) is 8.55. The Morgan fingerprint density at radius 1 is 1.35 bits per heavy atom. The molecule has 2 heterocycles. The molecule has 1 aliphatic heterocycles. The number of hydrogen-bond acceptors (Lipinski definition) is 3. The van der Waals surface area contributed by atoms with Crippen molar-refractivity contribution < 1.29 is 4.79 Å². The van der Waals surface area contributed by atoms with Crippen LogP contribution in [-0.4, -0.2) is 28.8 Å². The maximum absolute atomic E-state index is 12.4. The highest BCUT2D eigenvalue weighted by molar-refractivity contribution is 6.09. The van der Waals surface area contributed by atoms with Gasteiger partial charge in [0.25, 0.3) is 0 Å². The van der Waals surface area contributed by atoms with E-state index >= 15 is 0 Å². The number of carbonyl (C=O) groups is 1. The molecule has 3 nitrogen and oxygen atoms in total. The van der Waals surface area contributed by atoms with Gasteiger partial charge in [0.05, 0.1) is 17.0 Å². The fourth-order valence-electron chi connectivity index (χ4n) is 4.79. The van der Waals surface area contributed by atoms with Crippen molar-refractivity contribution in [3.05, 3.63) is 35.2 Å². The van der Waals surface area contributed by atoms with Crippen LogP contribution in [0.15, 0.2) is 23.9 Å². The first-order chi connectivity index (χ1) is 11.1. The molecule has 0 amide bonds. The van der Waals surface area contributed by atoms with Crippen LogP contribution in [0, 0.1) is 23.7 Å². The van der Waals surface area contributed by atoms with Crippen LogP contribution in [0.1, 0.15) is 43.9 Å². The molecule has 3 aliphatic rings. The van der Waals surface area contributed by atoms with Crippen molar-refractivity contribution in [2.45, 2.75) is 39.0 Å². The molecule has 0 unspecified atom stereocenters. The molecule has 0 N–H and O–H groups in total. The number of allylic oxidation sites excluding steroid dienone is 1. The molecule has 1 saturated heterocycles. The lowest BCUT2D eigenvalue weighted by molar-refractivity contribution is -0.114. The van der Waals surface area contributed by atoms with Crippen molar-refractivity contribution >= 4 is 11.5 Å². The number of terminal acetylenes is 1. The smallest absolute Gasteiger partial charge is 0.177 e. The van der Waals surface area contributed by atoms with E-state index < -0.39 is 0 Å². The molecule has 0 radical (unpaired) electrons. The second kappa shape index (κ2) is 5.23. The second-order valence-corrected chi connectivity index (χ2v) is 7.48. The minimum Gasteiger partial charge on any atom is -0.369 e. The van der Waals surface area contributed by atoms with Gasteiger partial charge in [-0.3, -0.25) is 9.78 Å². The van der Waals surface area contributed by atoms with Gasteiger partial charge in [-0.1, -0.05) is 18.9 Å². The summed E-state index contributed by atoms with van der Waals surface area (Å²) in [7, 11) is 0. The summed E-state index contributed by atoms with van der Waals surface area (Å²) in [6.45, 7) is 4.31. The highest BCUT2D eigenvalue weighted by Crippen LogP contribution is 2.53. The number of ketones is 1. The van der Waals surface area contributed by atoms with E-state index in [4.69, 9.17) is 6.42 Å². The minimum atomic E-state index is 0.0561. The van der Waals surface area contributed by atoms with E-state index in [0.717, 1.165) is 36.0 Å². The molecule has 2 aliphatic carbocycles. The zero-order valence-electron chi connectivity index (χ0n) is 13.6. The van der Waals surface area contributed by atoms with E-state index in [2.05, 4.69) is 22.7 Å². The summed E-state index contributed by atoms with van der Waals surface area (Å²) in [6.07, 6.45) is 13.0. The van der Waals surface area contributed by atoms with Gasteiger partial charge in [-0.15, -0.1) is 6.42 Å². The molecule has 0 aromatic carbocycles. The number of Topliss-reactive ketones (excluding diaryl/α,β-unsaturated/α-hetero) is 1. The van der Waals surface area contributed by atoms with Crippen molar-refractivity contribution in [3.8, 4) is 12.3 Å². The summed E-state index contributed by atoms with van der Waals surface area (Å²) in [5, 5.41) is 0. The van der Waals surface area contributed by atoms with Gasteiger partial charge in [0, 0.05) is 25.7 Å². The Hall–Kier alpha value is -2.08. The SMILES string of the molecule is C#CC1=C(N2CCC3(CC2)CC(C)C3)c2ncccc2CC1=O. The van der Waals surface area contributed by atoms with Gasteiger partial charge in [-0.25, -0.2) is 0 Å². The lowest BCUT2D eigenvalue weighted by atomic mass is 9.58. The van der Waals surface area contributed by atoms with E-state index in [9.17, 15) is 4.79 Å². The molecule has 0 bridgehead atoms. The van der Waals surface area contributed by atoms with Crippen molar-refractivity contribution in [1.82, 2.24) is 9.88 Å². The highest BCUT2D eigenvalue weighted by atomic mass is 16.1. The average Bonchev–Trinajstić information content (AvgIpc) is 2.53. The molecule has 1 aromatic heterocycles. The zero-order chi connectivity index (χ0) is 16.0. The largest absolute Gasteiger partial charge is 0.369 e. The topological polar surface area (TPSA) is 33.2 Å². The van der Waals surface area contributed by atoms with Crippen LogP contribution >= 0.6 is 0 Å². The van der Waals surface area contributed by atoms with Crippen LogP contribution < -0.4 is 0 Å². The van der Waals surface area contributed by atoms with E-state index in [1.165, 1.54) is 25.7 Å². The molecule has 118 valence electrons. The first kappa shape index (κ1) is 14.5. The summed E-state index contributed by atoms with van der Waals surface area (Å²) >= 11 is 0. The number of likely N-dealkylation sites (tertiary alicyclic amines) is 1. The number of carbonyl (C=O) groups excluding carboxylic acids is 1. The summed E-state index contributed by atoms with van der Waals surface area (Å²) < 4.78 is 0. The number of nitrogens with zero attached hydrogens (tertiary/aromatic N) is 2. The third kappa shape index (κ3) is 2.28. The van der Waals surface area contributed by atoms with Gasteiger partial charge in [0.1, 0.15) is 0 Å². The lowest BCUT2D eigenvalue weighted by Crippen LogP contribution is -2.46. The van der Waals surface area contributed by atoms with E-state index in [1.54, 1.807) is 6.20 Å². The van der Waals surface area contributed by atoms with Gasteiger partial charge >= 0.3 is 0 Å². The Morgan fingerprint density at radius 2 is 2.09 bits per heavy atom. The number of aromatic nitrogens is 1. The molecule has 2 fully saturated rings. The van der Waals surface area contributed by atoms with Crippen LogP contribution in [0.5, 0.6) is 0 Å². The van der Waals surface area contributed by atoms with E-state index in [-0.39, 0.29) is 5.78 Å². The summed E-state index contributed by atoms with van der Waals surface area (Å²) in [5.74, 6) is 3.58. The Morgan fingerprint density at radius 3 is 2.74 bits per heavy atom.